The second-order valence-corrected chi connectivity index (χ2v) is 4.55. The maximum atomic E-state index is 5.79. The van der Waals surface area contributed by atoms with E-state index in [2.05, 4.69) is 17.1 Å². The quantitative estimate of drug-likeness (QED) is 0.844. The topological polar surface area (TPSA) is 24.8 Å². The number of aliphatic imine (C=N–C) groups is 1. The standard InChI is InChI=1S/C17H16N2O/c1-3-7-15(8-4-1)14-20-19-12-11-18-17(13-19)16-9-5-2-6-10-16/h1-11,13H,12,14H2. The third-order valence-corrected chi connectivity index (χ3v) is 3.07. The van der Waals surface area contributed by atoms with Crippen molar-refractivity contribution in [2.75, 3.05) is 6.54 Å². The number of hydroxylamine groups is 2. The van der Waals surface area contributed by atoms with Crippen LogP contribution in [0.3, 0.4) is 0 Å². The van der Waals surface area contributed by atoms with E-state index in [1.54, 1.807) is 0 Å². The summed E-state index contributed by atoms with van der Waals surface area (Å²) in [6, 6.07) is 20.3. The van der Waals surface area contributed by atoms with Crippen molar-refractivity contribution in [2.24, 2.45) is 4.99 Å². The third kappa shape index (κ3) is 3.13. The van der Waals surface area contributed by atoms with Gasteiger partial charge in [0.25, 0.3) is 0 Å². The lowest BCUT2D eigenvalue weighted by atomic mass is 10.1. The van der Waals surface area contributed by atoms with Crippen molar-refractivity contribution in [3.63, 3.8) is 0 Å². The fourth-order valence-corrected chi connectivity index (χ4v) is 2.02. The molecule has 0 spiro atoms. The highest BCUT2D eigenvalue weighted by Gasteiger charge is 2.08. The Hall–Kier alpha value is -2.39. The summed E-state index contributed by atoms with van der Waals surface area (Å²) >= 11 is 0. The molecule has 0 unspecified atom stereocenters. The van der Waals surface area contributed by atoms with Crippen molar-refractivity contribution in [3.8, 4) is 0 Å². The second-order valence-electron chi connectivity index (χ2n) is 4.55. The maximum Gasteiger partial charge on any atom is 0.0999 e. The Morgan fingerprint density at radius 3 is 2.40 bits per heavy atom. The molecule has 0 amide bonds. The summed E-state index contributed by atoms with van der Waals surface area (Å²) in [6.45, 7) is 1.23. The number of hydrogen-bond donors (Lipinski definition) is 0. The fourth-order valence-electron chi connectivity index (χ4n) is 2.02. The molecule has 3 rings (SSSR count). The SMILES string of the molecule is C1=NC(c2ccccc2)=CN(OCc2ccccc2)C1. The minimum Gasteiger partial charge on any atom is -0.269 e. The van der Waals surface area contributed by atoms with E-state index in [-0.39, 0.29) is 0 Å². The van der Waals surface area contributed by atoms with Gasteiger partial charge in [0.1, 0.15) is 0 Å². The predicted octanol–water partition coefficient (Wildman–Crippen LogP) is 3.50. The van der Waals surface area contributed by atoms with E-state index in [4.69, 9.17) is 4.84 Å². The Bertz CT molecular complexity index is 605. The van der Waals surface area contributed by atoms with Crippen LogP contribution in [0.25, 0.3) is 5.70 Å². The van der Waals surface area contributed by atoms with Crippen LogP contribution >= 0.6 is 0 Å². The molecule has 0 saturated heterocycles. The number of nitrogens with zero attached hydrogens (tertiary/aromatic N) is 2. The Morgan fingerprint density at radius 2 is 1.65 bits per heavy atom. The Morgan fingerprint density at radius 1 is 0.950 bits per heavy atom. The van der Waals surface area contributed by atoms with E-state index in [0.29, 0.717) is 13.2 Å². The van der Waals surface area contributed by atoms with Gasteiger partial charge in [-0.15, -0.1) is 0 Å². The molecule has 2 aromatic rings. The van der Waals surface area contributed by atoms with E-state index in [1.165, 1.54) is 0 Å². The molecule has 1 aliphatic heterocycles. The Balaban J connectivity index is 1.67. The molecule has 20 heavy (non-hydrogen) atoms. The fraction of sp³-hybridized carbons (Fsp3) is 0.118. The molecular weight excluding hydrogens is 248 g/mol. The van der Waals surface area contributed by atoms with Gasteiger partial charge in [-0.2, -0.15) is 0 Å². The molecule has 0 bridgehead atoms. The van der Waals surface area contributed by atoms with Crippen molar-refractivity contribution in [2.45, 2.75) is 6.61 Å². The molecule has 2 aromatic carbocycles. The third-order valence-electron chi connectivity index (χ3n) is 3.07. The van der Waals surface area contributed by atoms with Gasteiger partial charge in [-0.05, 0) is 5.56 Å². The van der Waals surface area contributed by atoms with Crippen molar-refractivity contribution in [3.05, 3.63) is 78.0 Å². The molecule has 0 aliphatic carbocycles. The maximum absolute atomic E-state index is 5.79. The van der Waals surface area contributed by atoms with Gasteiger partial charge in [-0.25, -0.2) is 0 Å². The van der Waals surface area contributed by atoms with Crippen LogP contribution in [0.2, 0.25) is 0 Å². The van der Waals surface area contributed by atoms with E-state index in [0.717, 1.165) is 16.8 Å². The van der Waals surface area contributed by atoms with Gasteiger partial charge in [0.2, 0.25) is 0 Å². The van der Waals surface area contributed by atoms with Crippen LogP contribution < -0.4 is 0 Å². The van der Waals surface area contributed by atoms with Crippen molar-refractivity contribution in [1.82, 2.24) is 5.06 Å². The summed E-state index contributed by atoms with van der Waals surface area (Å²) in [5.41, 5.74) is 3.17. The highest BCUT2D eigenvalue weighted by atomic mass is 16.7. The van der Waals surface area contributed by atoms with Crippen LogP contribution in [0.5, 0.6) is 0 Å². The average molecular weight is 264 g/mol. The smallest absolute Gasteiger partial charge is 0.0999 e. The first kappa shape index (κ1) is 12.6. The Labute approximate surface area is 118 Å². The molecular formula is C17H16N2O. The van der Waals surface area contributed by atoms with Crippen molar-refractivity contribution < 1.29 is 4.84 Å². The minimum atomic E-state index is 0.563. The molecule has 1 aliphatic rings. The molecule has 3 heteroatoms. The van der Waals surface area contributed by atoms with Crippen LogP contribution in [0, 0.1) is 0 Å². The molecule has 0 aromatic heterocycles. The summed E-state index contributed by atoms with van der Waals surface area (Å²) in [5.74, 6) is 0. The molecule has 0 N–H and O–H groups in total. The number of hydrogen-bond acceptors (Lipinski definition) is 3. The molecule has 0 radical (unpaired) electrons. The second kappa shape index (κ2) is 6.17. The lowest BCUT2D eigenvalue weighted by Crippen LogP contribution is -2.22. The van der Waals surface area contributed by atoms with Gasteiger partial charge >= 0.3 is 0 Å². The van der Waals surface area contributed by atoms with Crippen LogP contribution in [0.4, 0.5) is 0 Å². The summed E-state index contributed by atoms with van der Waals surface area (Å²) in [5, 5.41) is 1.82. The Kier molecular flexibility index (Phi) is 3.90. The summed E-state index contributed by atoms with van der Waals surface area (Å²) in [6.07, 6.45) is 3.81. The number of benzene rings is 2. The van der Waals surface area contributed by atoms with E-state index >= 15 is 0 Å². The van der Waals surface area contributed by atoms with Gasteiger partial charge in [0.05, 0.1) is 25.0 Å². The molecule has 0 saturated carbocycles. The first-order chi connectivity index (χ1) is 9.92. The van der Waals surface area contributed by atoms with Gasteiger partial charge in [0, 0.05) is 11.8 Å². The normalized spacial score (nSPS) is 14.2. The van der Waals surface area contributed by atoms with E-state index in [9.17, 15) is 0 Å². The van der Waals surface area contributed by atoms with Gasteiger partial charge < -0.3 is 0 Å². The molecule has 3 nitrogen and oxygen atoms in total. The average Bonchev–Trinajstić information content (AvgIpc) is 2.55. The van der Waals surface area contributed by atoms with E-state index < -0.39 is 0 Å². The summed E-state index contributed by atoms with van der Waals surface area (Å²) < 4.78 is 0. The van der Waals surface area contributed by atoms with Gasteiger partial charge in [-0.1, -0.05) is 60.7 Å². The van der Waals surface area contributed by atoms with Crippen LogP contribution in [-0.4, -0.2) is 17.8 Å². The van der Waals surface area contributed by atoms with Gasteiger partial charge in [-0.3, -0.25) is 14.9 Å². The molecule has 0 fully saturated rings. The summed E-state index contributed by atoms with van der Waals surface area (Å²) in [7, 11) is 0. The monoisotopic (exact) mass is 264 g/mol. The zero-order valence-corrected chi connectivity index (χ0v) is 11.1. The van der Waals surface area contributed by atoms with Gasteiger partial charge in [0.15, 0.2) is 0 Å². The van der Waals surface area contributed by atoms with E-state index in [1.807, 2.05) is 66.0 Å². The number of rotatable bonds is 4. The minimum absolute atomic E-state index is 0.563. The summed E-state index contributed by atoms with van der Waals surface area (Å²) in [4.78, 5) is 10.2. The highest BCUT2D eigenvalue weighted by molar-refractivity contribution is 5.76. The van der Waals surface area contributed by atoms with Crippen LogP contribution in [0.1, 0.15) is 11.1 Å². The lowest BCUT2D eigenvalue weighted by molar-refractivity contribution is -0.120. The van der Waals surface area contributed by atoms with Crippen LogP contribution in [-0.2, 0) is 11.4 Å². The molecule has 0 atom stereocenters. The first-order valence-electron chi connectivity index (χ1n) is 6.65. The molecule has 1 heterocycles. The van der Waals surface area contributed by atoms with Crippen LogP contribution in [0.15, 0.2) is 71.9 Å². The zero-order chi connectivity index (χ0) is 13.6. The largest absolute Gasteiger partial charge is 0.269 e. The molecule has 100 valence electrons. The predicted molar refractivity (Wildman–Crippen MR) is 80.8 cm³/mol. The highest BCUT2D eigenvalue weighted by Crippen LogP contribution is 2.18. The van der Waals surface area contributed by atoms with Crippen molar-refractivity contribution >= 4 is 11.9 Å². The lowest BCUT2D eigenvalue weighted by Gasteiger charge is -2.22. The van der Waals surface area contributed by atoms with Crippen molar-refractivity contribution in [1.29, 1.82) is 0 Å². The first-order valence-corrected chi connectivity index (χ1v) is 6.65. The zero-order valence-electron chi connectivity index (χ0n) is 11.1.